The molecule has 4 rings (SSSR count). The van der Waals surface area contributed by atoms with Crippen LogP contribution in [-0.2, 0) is 59.1 Å². The van der Waals surface area contributed by atoms with Crippen molar-refractivity contribution in [2.24, 2.45) is 11.1 Å². The molecule has 2 heterocycles. The van der Waals surface area contributed by atoms with E-state index in [0.717, 1.165) is 52.6 Å². The zero-order valence-corrected chi connectivity index (χ0v) is 42.0. The van der Waals surface area contributed by atoms with E-state index in [-0.39, 0.29) is 88.7 Å². The lowest BCUT2D eigenvalue weighted by molar-refractivity contribution is -0.192. The quantitative estimate of drug-likeness (QED) is 0.0344. The lowest BCUT2D eigenvalue weighted by Gasteiger charge is -2.41. The van der Waals surface area contributed by atoms with Crippen LogP contribution in [0.5, 0.6) is 0 Å². The average molecular weight is 1070 g/mol. The van der Waals surface area contributed by atoms with E-state index in [2.05, 4.69) is 10.6 Å². The molecule has 1 aliphatic heterocycles. The minimum Gasteiger partial charge on any atom is -0.480 e. The second-order valence-electron chi connectivity index (χ2n) is 17.3. The van der Waals surface area contributed by atoms with Crippen molar-refractivity contribution in [3.8, 4) is 11.1 Å². The number of ether oxygens (including phenoxy) is 4. The molecule has 25 heteroatoms. The van der Waals surface area contributed by atoms with Crippen LogP contribution in [0, 0.1) is 17.0 Å². The zero-order chi connectivity index (χ0) is 54.8. The van der Waals surface area contributed by atoms with Crippen molar-refractivity contribution in [3.63, 3.8) is 0 Å². The number of halogens is 5. The maximum atomic E-state index is 15.1. The SMILES string of the molecule is CC(C)(C)C(c1cc(-c2cc(F)ccc2F)cn1Cc1ccccc1)N(CCCN)C(=O)CSCC(NC(=O)CCOCCOCCOCCOCCNC(=O)CN1C(=O)C=CC1=O)C(=O)O.O=C(O)C(F)(F)F. The Morgan fingerprint density at radius 1 is 0.811 bits per heavy atom. The lowest BCUT2D eigenvalue weighted by atomic mass is 9.83. The average Bonchev–Trinajstić information content (AvgIpc) is 3.88. The summed E-state index contributed by atoms with van der Waals surface area (Å²) in [6.07, 6.45) is -0.720. The maximum Gasteiger partial charge on any atom is 0.490 e. The number of aliphatic carboxylic acids is 2. The predicted molar refractivity (Wildman–Crippen MR) is 260 cm³/mol. The number of nitrogens with two attached hydrogens (primary N) is 1. The second-order valence-corrected chi connectivity index (χ2v) is 18.3. The molecule has 2 atom stereocenters. The highest BCUT2D eigenvalue weighted by molar-refractivity contribution is 8.00. The summed E-state index contributed by atoms with van der Waals surface area (Å²) in [5, 5.41) is 22.1. The van der Waals surface area contributed by atoms with Crippen molar-refractivity contribution in [1.82, 2.24) is 25.0 Å². The number of benzene rings is 2. The number of amides is 5. The van der Waals surface area contributed by atoms with Gasteiger partial charge in [0.25, 0.3) is 11.8 Å². The predicted octanol–water partition coefficient (Wildman–Crippen LogP) is 4.18. The summed E-state index contributed by atoms with van der Waals surface area (Å²) in [6.45, 7) is 8.61. The molecule has 74 heavy (non-hydrogen) atoms. The molecule has 5 amide bonds. The number of hydrogen-bond acceptors (Lipinski definition) is 13. The summed E-state index contributed by atoms with van der Waals surface area (Å²) < 4.78 is 84.9. The van der Waals surface area contributed by atoms with Gasteiger partial charge in [0.2, 0.25) is 17.7 Å². The van der Waals surface area contributed by atoms with Crippen molar-refractivity contribution in [3.05, 3.63) is 95.8 Å². The first-order valence-corrected chi connectivity index (χ1v) is 24.4. The molecule has 0 saturated carbocycles. The molecule has 0 spiro atoms. The van der Waals surface area contributed by atoms with E-state index in [1.165, 1.54) is 0 Å². The molecule has 0 bridgehead atoms. The summed E-state index contributed by atoms with van der Waals surface area (Å²) in [4.78, 5) is 85.4. The number of thioether (sulfide) groups is 1. The monoisotopic (exact) mass is 1070 g/mol. The summed E-state index contributed by atoms with van der Waals surface area (Å²) in [7, 11) is 0. The van der Waals surface area contributed by atoms with Crippen molar-refractivity contribution >= 4 is 53.2 Å². The van der Waals surface area contributed by atoms with Gasteiger partial charge in [0, 0.05) is 67.0 Å². The number of carbonyl (C=O) groups is 7. The van der Waals surface area contributed by atoms with Gasteiger partial charge in [0.05, 0.1) is 64.6 Å². The van der Waals surface area contributed by atoms with E-state index in [4.69, 9.17) is 34.6 Å². The van der Waals surface area contributed by atoms with Gasteiger partial charge in [-0.1, -0.05) is 51.1 Å². The molecule has 0 aliphatic carbocycles. The van der Waals surface area contributed by atoms with Crippen LogP contribution in [0.4, 0.5) is 22.0 Å². The number of nitrogens with zero attached hydrogens (tertiary/aromatic N) is 3. The minimum atomic E-state index is -5.08. The largest absolute Gasteiger partial charge is 0.490 e. The molecule has 408 valence electrons. The first kappa shape index (κ1) is 62.0. The number of imide groups is 1. The first-order chi connectivity index (χ1) is 35.0. The molecule has 19 nitrogen and oxygen atoms in total. The molecule has 2 unspecified atom stereocenters. The Morgan fingerprint density at radius 3 is 1.95 bits per heavy atom. The molecule has 2 aromatic carbocycles. The Balaban J connectivity index is 0.00000192. The van der Waals surface area contributed by atoms with Gasteiger partial charge in [-0.25, -0.2) is 18.4 Å². The van der Waals surface area contributed by atoms with Gasteiger partial charge in [-0.05, 0) is 48.2 Å². The van der Waals surface area contributed by atoms with Crippen LogP contribution in [0.2, 0.25) is 0 Å². The van der Waals surface area contributed by atoms with Gasteiger partial charge < -0.3 is 55.0 Å². The number of aromatic nitrogens is 1. The Hall–Kier alpha value is -6.25. The van der Waals surface area contributed by atoms with Crippen LogP contribution in [0.1, 0.15) is 50.9 Å². The number of rotatable bonds is 31. The fraction of sp³-hybridized carbons (Fsp3) is 0.490. The topological polar surface area (TPSA) is 258 Å². The van der Waals surface area contributed by atoms with Crippen LogP contribution < -0.4 is 16.4 Å². The molecule has 0 fully saturated rings. The number of nitrogens with one attached hydrogen (secondary N) is 2. The first-order valence-electron chi connectivity index (χ1n) is 23.2. The van der Waals surface area contributed by atoms with E-state index in [9.17, 15) is 51.4 Å². The summed E-state index contributed by atoms with van der Waals surface area (Å²) >= 11 is 1.08. The molecular formula is C49H63F5N6O13S. The Labute approximate surface area is 428 Å². The highest BCUT2D eigenvalue weighted by atomic mass is 32.2. The Morgan fingerprint density at radius 2 is 1.39 bits per heavy atom. The van der Waals surface area contributed by atoms with Gasteiger partial charge in [-0.2, -0.15) is 13.2 Å². The second kappa shape index (κ2) is 31.5. The van der Waals surface area contributed by atoms with E-state index in [1.54, 1.807) is 17.2 Å². The van der Waals surface area contributed by atoms with Gasteiger partial charge in [0.15, 0.2) is 0 Å². The van der Waals surface area contributed by atoms with E-state index in [0.29, 0.717) is 44.0 Å². The third kappa shape index (κ3) is 22.1. The number of carboxylic acid groups (broad SMARTS) is 2. The lowest BCUT2D eigenvalue weighted by Crippen LogP contribution is -2.45. The Kier molecular flexibility index (Phi) is 26.4. The molecule has 0 saturated heterocycles. The molecular weight excluding hydrogens is 1010 g/mol. The molecule has 1 aliphatic rings. The van der Waals surface area contributed by atoms with Crippen LogP contribution >= 0.6 is 11.8 Å². The Bertz CT molecular complexity index is 2330. The summed E-state index contributed by atoms with van der Waals surface area (Å²) in [6, 6.07) is 12.9. The van der Waals surface area contributed by atoms with Gasteiger partial charge >= 0.3 is 18.1 Å². The molecule has 6 N–H and O–H groups in total. The highest BCUT2D eigenvalue weighted by Gasteiger charge is 2.39. The van der Waals surface area contributed by atoms with E-state index >= 15 is 4.39 Å². The highest BCUT2D eigenvalue weighted by Crippen LogP contribution is 2.41. The zero-order valence-electron chi connectivity index (χ0n) is 41.2. The van der Waals surface area contributed by atoms with E-state index < -0.39 is 70.9 Å². The van der Waals surface area contributed by atoms with Gasteiger partial charge in [-0.15, -0.1) is 11.8 Å². The van der Waals surface area contributed by atoms with Crippen molar-refractivity contribution in [2.75, 3.05) is 90.5 Å². The van der Waals surface area contributed by atoms with Gasteiger partial charge in [0.1, 0.15) is 24.2 Å². The number of carboxylic acids is 2. The van der Waals surface area contributed by atoms with Crippen molar-refractivity contribution in [2.45, 2.75) is 58.4 Å². The van der Waals surface area contributed by atoms with Gasteiger partial charge in [-0.3, -0.25) is 28.9 Å². The van der Waals surface area contributed by atoms with Crippen LogP contribution in [0.3, 0.4) is 0 Å². The van der Waals surface area contributed by atoms with Crippen LogP contribution in [0.25, 0.3) is 11.1 Å². The molecule has 3 aromatic rings. The van der Waals surface area contributed by atoms with Crippen molar-refractivity contribution in [1.29, 1.82) is 0 Å². The fourth-order valence-corrected chi connectivity index (χ4v) is 7.96. The third-order valence-corrected chi connectivity index (χ3v) is 11.5. The van der Waals surface area contributed by atoms with Crippen LogP contribution in [-0.4, -0.2) is 169 Å². The standard InChI is InChI=1S/C47H62F2N6O11S.C2HF3O2/c1-47(2,3)45(39-26-34(36-27-35(48)10-11-37(36)49)29-53(39)28-33-8-5-4-6-9-33)54(17-7-15-50)44(60)32-67-31-38(46(61)62)52-40(56)14-18-63-20-22-65-24-25-66-23-21-64-19-16-51-41(57)30-55-42(58)12-13-43(55)59;3-2(4,5)1(6)7/h4-6,8-13,26-27,29,38,45H,7,14-25,28,30-32,50H2,1-3H3,(H,51,57)(H,52,56)(H,61,62);(H,6,7). The summed E-state index contributed by atoms with van der Waals surface area (Å²) in [5.41, 5.74) is 7.58. The molecule has 1 aromatic heterocycles. The normalized spacial score (nSPS) is 13.3. The van der Waals surface area contributed by atoms with Crippen LogP contribution in [0.15, 0.2) is 72.9 Å². The van der Waals surface area contributed by atoms with E-state index in [1.807, 2.05) is 55.7 Å². The van der Waals surface area contributed by atoms with Crippen molar-refractivity contribution < 1.29 is 84.7 Å². The fourth-order valence-electron chi connectivity index (χ4n) is 7.04. The third-order valence-electron chi connectivity index (χ3n) is 10.4. The number of carbonyl (C=O) groups excluding carboxylic acids is 5. The smallest absolute Gasteiger partial charge is 0.480 e. The molecule has 0 radical (unpaired) electrons. The minimum absolute atomic E-state index is 0.0248. The summed E-state index contributed by atoms with van der Waals surface area (Å²) in [5.74, 6) is -7.71. The maximum absolute atomic E-state index is 15.1. The number of hydrogen-bond donors (Lipinski definition) is 5. The number of alkyl halides is 3.